The predicted molar refractivity (Wildman–Crippen MR) is 43.5 cm³/mol. The van der Waals surface area contributed by atoms with Crippen LogP contribution in [0.1, 0.15) is 0 Å². The maximum Gasteiger partial charge on any atom is 0.0671 e. The van der Waals surface area contributed by atoms with Gasteiger partial charge in [-0.3, -0.25) is 0 Å². The van der Waals surface area contributed by atoms with Gasteiger partial charge < -0.3 is 10.5 Å². The van der Waals surface area contributed by atoms with Gasteiger partial charge in [-0.15, -0.1) is 0 Å². The maximum atomic E-state index is 5.52. The third-order valence-corrected chi connectivity index (χ3v) is 1.32. The van der Waals surface area contributed by atoms with E-state index in [1.807, 2.05) is 24.3 Å². The zero-order valence-electron chi connectivity index (χ0n) is 4.83. The summed E-state index contributed by atoms with van der Waals surface area (Å²) >= 11 is 3.85. The molecule has 0 amide bonds. The molecular weight excluding hydrogens is 132 g/mol. The lowest BCUT2D eigenvalue weighted by Crippen LogP contribution is -1.89. The molecule has 0 atom stereocenters. The number of hydrogen-bond acceptors (Lipinski definition) is 3. The predicted octanol–water partition coefficient (Wildman–Crippen LogP) is 1.53. The van der Waals surface area contributed by atoms with Crippen molar-refractivity contribution in [2.45, 2.75) is 0 Å². The minimum Gasteiger partial charge on any atom is -0.397 e. The van der Waals surface area contributed by atoms with Crippen molar-refractivity contribution >= 4 is 24.2 Å². The van der Waals surface area contributed by atoms with Crippen LogP contribution in [-0.2, 0) is 0 Å². The third-order valence-electron chi connectivity index (χ3n) is 1.08. The SMILES string of the molecule is Nc1ccccc1NS. The maximum absolute atomic E-state index is 5.52. The molecule has 1 aromatic rings. The molecule has 0 aliphatic rings. The van der Waals surface area contributed by atoms with Gasteiger partial charge >= 0.3 is 0 Å². The van der Waals surface area contributed by atoms with Crippen molar-refractivity contribution in [2.24, 2.45) is 0 Å². The van der Waals surface area contributed by atoms with Gasteiger partial charge in [0.25, 0.3) is 0 Å². The van der Waals surface area contributed by atoms with Crippen molar-refractivity contribution in [2.75, 3.05) is 10.5 Å². The lowest BCUT2D eigenvalue weighted by Gasteiger charge is -2.00. The van der Waals surface area contributed by atoms with Crippen LogP contribution in [0.3, 0.4) is 0 Å². The summed E-state index contributed by atoms with van der Waals surface area (Å²) in [5.41, 5.74) is 7.08. The number of anilines is 2. The molecule has 0 saturated carbocycles. The lowest BCUT2D eigenvalue weighted by atomic mass is 10.3. The Kier molecular flexibility index (Phi) is 1.85. The van der Waals surface area contributed by atoms with Gasteiger partial charge in [0.1, 0.15) is 0 Å². The summed E-state index contributed by atoms with van der Waals surface area (Å²) in [6.45, 7) is 0. The first-order chi connectivity index (χ1) is 4.34. The number of nitrogen functional groups attached to an aromatic ring is 1. The highest BCUT2D eigenvalue weighted by Crippen LogP contribution is 2.16. The summed E-state index contributed by atoms with van der Waals surface area (Å²) in [6, 6.07) is 7.46. The number of hydrogen-bond donors (Lipinski definition) is 3. The molecule has 3 heteroatoms. The normalized spacial score (nSPS) is 9.00. The zero-order valence-corrected chi connectivity index (χ0v) is 5.73. The van der Waals surface area contributed by atoms with Crippen LogP contribution in [-0.4, -0.2) is 0 Å². The molecule has 0 fully saturated rings. The minimum absolute atomic E-state index is 0.715. The first-order valence-electron chi connectivity index (χ1n) is 2.59. The highest BCUT2D eigenvalue weighted by Gasteiger charge is 1.89. The van der Waals surface area contributed by atoms with E-state index in [1.54, 1.807) is 0 Å². The van der Waals surface area contributed by atoms with Crippen LogP contribution in [0.4, 0.5) is 11.4 Å². The molecule has 2 nitrogen and oxygen atoms in total. The number of benzene rings is 1. The molecular formula is C6H8N2S. The van der Waals surface area contributed by atoms with Gasteiger partial charge in [0, 0.05) is 0 Å². The molecule has 9 heavy (non-hydrogen) atoms. The van der Waals surface area contributed by atoms with Crippen LogP contribution >= 0.6 is 12.8 Å². The average molecular weight is 140 g/mol. The molecule has 0 unspecified atom stereocenters. The Balaban J connectivity index is 3.01. The van der Waals surface area contributed by atoms with Gasteiger partial charge in [0.15, 0.2) is 0 Å². The van der Waals surface area contributed by atoms with E-state index in [-0.39, 0.29) is 0 Å². The summed E-state index contributed by atoms with van der Waals surface area (Å²) in [5, 5.41) is 0. The second-order valence-electron chi connectivity index (χ2n) is 1.70. The summed E-state index contributed by atoms with van der Waals surface area (Å²) in [5.74, 6) is 0. The summed E-state index contributed by atoms with van der Waals surface area (Å²) in [6.07, 6.45) is 0. The molecule has 48 valence electrons. The number of nitrogens with two attached hydrogens (primary N) is 1. The fourth-order valence-electron chi connectivity index (χ4n) is 0.599. The van der Waals surface area contributed by atoms with E-state index in [9.17, 15) is 0 Å². The van der Waals surface area contributed by atoms with E-state index in [0.717, 1.165) is 5.69 Å². The number of rotatable bonds is 1. The third kappa shape index (κ3) is 1.29. The van der Waals surface area contributed by atoms with Crippen LogP contribution in [0.2, 0.25) is 0 Å². The topological polar surface area (TPSA) is 38.0 Å². The zero-order chi connectivity index (χ0) is 6.69. The Bertz CT molecular complexity index is 200. The Morgan fingerprint density at radius 3 is 2.44 bits per heavy atom. The van der Waals surface area contributed by atoms with E-state index in [0.29, 0.717) is 5.69 Å². The summed E-state index contributed by atoms with van der Waals surface area (Å²) in [7, 11) is 0. The molecule has 3 N–H and O–H groups in total. The molecule has 0 radical (unpaired) electrons. The van der Waals surface area contributed by atoms with Gasteiger partial charge in [-0.1, -0.05) is 24.9 Å². The van der Waals surface area contributed by atoms with Crippen molar-refractivity contribution in [1.29, 1.82) is 0 Å². The van der Waals surface area contributed by atoms with Crippen LogP contribution in [0.25, 0.3) is 0 Å². The first kappa shape index (κ1) is 6.29. The molecule has 0 heterocycles. The average Bonchev–Trinajstić information content (AvgIpc) is 1.89. The van der Waals surface area contributed by atoms with E-state index >= 15 is 0 Å². The smallest absolute Gasteiger partial charge is 0.0671 e. The Morgan fingerprint density at radius 1 is 1.33 bits per heavy atom. The molecule has 0 aromatic heterocycles. The van der Waals surface area contributed by atoms with Crippen LogP contribution in [0.5, 0.6) is 0 Å². The van der Waals surface area contributed by atoms with E-state index in [4.69, 9.17) is 5.73 Å². The Labute approximate surface area is 59.6 Å². The highest BCUT2D eigenvalue weighted by molar-refractivity contribution is 7.81. The minimum atomic E-state index is 0.715. The first-order valence-corrected chi connectivity index (χ1v) is 3.04. The molecule has 0 aliphatic heterocycles. The van der Waals surface area contributed by atoms with Crippen molar-refractivity contribution in [1.82, 2.24) is 0 Å². The molecule has 0 bridgehead atoms. The molecule has 1 aromatic carbocycles. The van der Waals surface area contributed by atoms with Gasteiger partial charge in [-0.05, 0) is 12.1 Å². The summed E-state index contributed by atoms with van der Waals surface area (Å²) < 4.78 is 2.66. The van der Waals surface area contributed by atoms with Crippen molar-refractivity contribution < 1.29 is 0 Å². The second-order valence-corrected chi connectivity index (χ2v) is 1.92. The molecule has 1 rings (SSSR count). The molecule has 0 saturated heterocycles. The number of thiol groups is 1. The van der Waals surface area contributed by atoms with Gasteiger partial charge in [0.2, 0.25) is 0 Å². The Morgan fingerprint density at radius 2 is 2.00 bits per heavy atom. The van der Waals surface area contributed by atoms with Crippen LogP contribution in [0.15, 0.2) is 24.3 Å². The van der Waals surface area contributed by atoms with Crippen molar-refractivity contribution in [3.63, 3.8) is 0 Å². The highest BCUT2D eigenvalue weighted by atomic mass is 32.1. The number of nitrogens with one attached hydrogen (secondary N) is 1. The Hall–Kier alpha value is -0.830. The van der Waals surface area contributed by atoms with Crippen LogP contribution < -0.4 is 10.5 Å². The monoisotopic (exact) mass is 140 g/mol. The van der Waals surface area contributed by atoms with Crippen LogP contribution in [0, 0.1) is 0 Å². The molecule has 0 spiro atoms. The fourth-order valence-corrected chi connectivity index (χ4v) is 0.802. The fraction of sp³-hybridized carbons (Fsp3) is 0. The standard InChI is InChI=1S/C6H8N2S/c7-5-3-1-2-4-6(5)8-9/h1-4,8-9H,7H2. The quantitative estimate of drug-likeness (QED) is 0.409. The van der Waals surface area contributed by atoms with E-state index < -0.39 is 0 Å². The summed E-state index contributed by atoms with van der Waals surface area (Å²) in [4.78, 5) is 0. The second kappa shape index (κ2) is 2.64. The van der Waals surface area contributed by atoms with E-state index in [2.05, 4.69) is 17.5 Å². The van der Waals surface area contributed by atoms with Crippen molar-refractivity contribution in [3.05, 3.63) is 24.3 Å². The largest absolute Gasteiger partial charge is 0.397 e. The number of para-hydroxylation sites is 2. The van der Waals surface area contributed by atoms with Crippen molar-refractivity contribution in [3.8, 4) is 0 Å². The van der Waals surface area contributed by atoms with Gasteiger partial charge in [-0.25, -0.2) is 0 Å². The van der Waals surface area contributed by atoms with Gasteiger partial charge in [0.05, 0.1) is 11.4 Å². The van der Waals surface area contributed by atoms with E-state index in [1.165, 1.54) is 0 Å². The molecule has 0 aliphatic carbocycles. The lowest BCUT2D eigenvalue weighted by molar-refractivity contribution is 1.67. The van der Waals surface area contributed by atoms with Gasteiger partial charge in [-0.2, -0.15) is 0 Å².